The van der Waals surface area contributed by atoms with Crippen molar-refractivity contribution in [2.45, 2.75) is 59.2 Å². The number of benzene rings is 1. The van der Waals surface area contributed by atoms with Crippen molar-refractivity contribution in [3.63, 3.8) is 0 Å². The van der Waals surface area contributed by atoms with Crippen LogP contribution in [0.25, 0.3) is 11.2 Å². The summed E-state index contributed by atoms with van der Waals surface area (Å²) in [5.74, 6) is 0.640. The molecule has 1 amide bonds. The Bertz CT molecular complexity index is 1200. The molecule has 0 spiro atoms. The maximum absolute atomic E-state index is 13.4. The molecule has 0 saturated carbocycles. The molecule has 0 aliphatic carbocycles. The maximum atomic E-state index is 13.4. The van der Waals surface area contributed by atoms with Crippen molar-refractivity contribution in [3.05, 3.63) is 47.9 Å². The van der Waals surface area contributed by atoms with Crippen LogP contribution in [0.15, 0.2) is 36.5 Å². The van der Waals surface area contributed by atoms with Crippen LogP contribution >= 0.6 is 0 Å². The normalized spacial score (nSPS) is 12.5. The number of rotatable bonds is 9. The third-order valence-corrected chi connectivity index (χ3v) is 5.27. The summed E-state index contributed by atoms with van der Waals surface area (Å²) in [4.78, 5) is 35.6. The van der Waals surface area contributed by atoms with Crippen LogP contribution in [0.2, 0.25) is 0 Å². The number of ether oxygens (including phenoxy) is 3. The Labute approximate surface area is 205 Å². The van der Waals surface area contributed by atoms with Crippen molar-refractivity contribution < 1.29 is 23.8 Å². The minimum atomic E-state index is -0.759. The number of esters is 1. The second kappa shape index (κ2) is 10.8. The first kappa shape index (κ1) is 26.0. The van der Waals surface area contributed by atoms with Gasteiger partial charge in [0, 0.05) is 24.4 Å². The molecule has 188 valence electrons. The lowest BCUT2D eigenvalue weighted by molar-refractivity contribution is -0.159. The molecule has 3 aromatic rings. The average molecular weight is 483 g/mol. The summed E-state index contributed by atoms with van der Waals surface area (Å²) in [5, 5.41) is 2.90. The molecule has 0 saturated heterocycles. The van der Waals surface area contributed by atoms with Gasteiger partial charge in [0.2, 0.25) is 5.82 Å². The number of hydrogen-bond acceptors (Lipinski definition) is 7. The maximum Gasteiger partial charge on any atom is 0.329 e. The Hall–Kier alpha value is -3.62. The number of amides is 1. The summed E-state index contributed by atoms with van der Waals surface area (Å²) in [6.07, 6.45) is 2.08. The highest BCUT2D eigenvalue weighted by molar-refractivity contribution is 5.95. The highest BCUT2D eigenvalue weighted by Gasteiger charge is 2.33. The van der Waals surface area contributed by atoms with Gasteiger partial charge < -0.3 is 19.5 Å². The van der Waals surface area contributed by atoms with Gasteiger partial charge in [-0.3, -0.25) is 9.36 Å². The third-order valence-electron chi connectivity index (χ3n) is 5.27. The second-order valence-electron chi connectivity index (χ2n) is 9.69. The fourth-order valence-corrected chi connectivity index (χ4v) is 3.76. The topological polar surface area (TPSA) is 105 Å². The first-order chi connectivity index (χ1) is 16.5. The molecule has 0 fully saturated rings. The molecule has 3 rings (SSSR count). The number of carbonyl (C=O) groups is 2. The van der Waals surface area contributed by atoms with Gasteiger partial charge in [0.15, 0.2) is 5.65 Å². The second-order valence-corrected chi connectivity index (χ2v) is 9.69. The van der Waals surface area contributed by atoms with Crippen LogP contribution in [0.5, 0.6) is 11.5 Å². The fraction of sp³-hybridized carbons (Fsp3) is 0.462. The van der Waals surface area contributed by atoms with Crippen molar-refractivity contribution in [2.75, 3.05) is 14.2 Å². The Morgan fingerprint density at radius 2 is 1.86 bits per heavy atom. The van der Waals surface area contributed by atoms with E-state index in [1.807, 2.05) is 40.7 Å². The van der Waals surface area contributed by atoms with E-state index in [9.17, 15) is 9.59 Å². The van der Waals surface area contributed by atoms with Crippen LogP contribution < -0.4 is 14.8 Å². The van der Waals surface area contributed by atoms with E-state index in [0.29, 0.717) is 29.1 Å². The lowest BCUT2D eigenvalue weighted by Gasteiger charge is -2.26. The molecule has 2 heterocycles. The zero-order valence-electron chi connectivity index (χ0n) is 21.4. The van der Waals surface area contributed by atoms with E-state index in [0.717, 1.165) is 5.56 Å². The Morgan fingerprint density at radius 3 is 2.49 bits per heavy atom. The number of pyridine rings is 1. The number of methoxy groups -OCH3 is 2. The molecule has 9 nitrogen and oxygen atoms in total. The molecule has 35 heavy (non-hydrogen) atoms. The van der Waals surface area contributed by atoms with Crippen LogP contribution in [-0.4, -0.2) is 46.2 Å². The van der Waals surface area contributed by atoms with Crippen molar-refractivity contribution in [2.24, 2.45) is 5.92 Å². The van der Waals surface area contributed by atoms with E-state index in [2.05, 4.69) is 15.3 Å². The minimum absolute atomic E-state index is 0.0997. The smallest absolute Gasteiger partial charge is 0.329 e. The van der Waals surface area contributed by atoms with E-state index in [-0.39, 0.29) is 18.3 Å². The molecule has 1 atom stereocenters. The van der Waals surface area contributed by atoms with Crippen molar-refractivity contribution in [1.29, 1.82) is 0 Å². The number of hydrogen-bond donors (Lipinski definition) is 1. The monoisotopic (exact) mass is 482 g/mol. The Kier molecular flexibility index (Phi) is 7.99. The summed E-state index contributed by atoms with van der Waals surface area (Å²) in [7, 11) is 3.13. The minimum Gasteiger partial charge on any atom is -0.497 e. The molecule has 0 unspecified atom stereocenters. The van der Waals surface area contributed by atoms with Crippen LogP contribution in [0.3, 0.4) is 0 Å². The van der Waals surface area contributed by atoms with Gasteiger partial charge in [0.1, 0.15) is 28.7 Å². The predicted octanol–water partition coefficient (Wildman–Crippen LogP) is 4.31. The molecule has 0 radical (unpaired) electrons. The largest absolute Gasteiger partial charge is 0.497 e. The average Bonchev–Trinajstić information content (AvgIpc) is 3.19. The SMILES string of the molecule is COc1ccc(CNC(=O)c2nc3cccnc3n2[C@@H](CC(C)C)C(=O)OC(C)(C)C)c(OC)c1. The van der Waals surface area contributed by atoms with Gasteiger partial charge >= 0.3 is 5.97 Å². The van der Waals surface area contributed by atoms with Crippen molar-refractivity contribution in [3.8, 4) is 11.5 Å². The third kappa shape index (κ3) is 6.29. The van der Waals surface area contributed by atoms with E-state index in [1.165, 1.54) is 0 Å². The summed E-state index contributed by atoms with van der Waals surface area (Å²) < 4.78 is 18.0. The standard InChI is InChI=1S/C26H34N4O5/c1-16(2)13-20(25(32)35-26(3,4)5)30-22-19(9-8-12-27-22)29-23(30)24(31)28-15-17-10-11-18(33-6)14-21(17)34-7/h8-12,14,16,20H,13,15H2,1-7H3,(H,28,31)/t20-/m0/s1. The number of aromatic nitrogens is 3. The number of nitrogens with one attached hydrogen (secondary N) is 1. The first-order valence-corrected chi connectivity index (χ1v) is 11.6. The zero-order valence-corrected chi connectivity index (χ0v) is 21.4. The van der Waals surface area contributed by atoms with Crippen molar-refractivity contribution in [1.82, 2.24) is 19.9 Å². The number of carbonyl (C=O) groups excluding carboxylic acids is 2. The molecular formula is C26H34N4O5. The zero-order chi connectivity index (χ0) is 25.8. The number of nitrogens with zero attached hydrogens (tertiary/aromatic N) is 3. The fourth-order valence-electron chi connectivity index (χ4n) is 3.76. The van der Waals surface area contributed by atoms with E-state index in [1.54, 1.807) is 49.2 Å². The van der Waals surface area contributed by atoms with Gasteiger partial charge in [-0.1, -0.05) is 13.8 Å². The summed E-state index contributed by atoms with van der Waals surface area (Å²) in [6.45, 7) is 9.68. The Balaban J connectivity index is 1.99. The molecule has 2 aromatic heterocycles. The van der Waals surface area contributed by atoms with E-state index in [4.69, 9.17) is 14.2 Å². The quantitative estimate of drug-likeness (QED) is 0.453. The molecule has 1 aromatic carbocycles. The van der Waals surface area contributed by atoms with Crippen LogP contribution in [0, 0.1) is 5.92 Å². The number of fused-ring (bicyclic) bond motifs is 1. The molecule has 0 aliphatic rings. The summed E-state index contributed by atoms with van der Waals surface area (Å²) >= 11 is 0. The van der Waals surface area contributed by atoms with Gasteiger partial charge in [0.05, 0.1) is 14.2 Å². The van der Waals surface area contributed by atoms with Gasteiger partial charge in [0.25, 0.3) is 5.91 Å². The summed E-state index contributed by atoms with van der Waals surface area (Å²) in [6, 6.07) is 8.13. The van der Waals surface area contributed by atoms with E-state index >= 15 is 0 Å². The summed E-state index contributed by atoms with van der Waals surface area (Å²) in [5.41, 5.74) is 1.07. The highest BCUT2D eigenvalue weighted by atomic mass is 16.6. The van der Waals surface area contributed by atoms with Crippen molar-refractivity contribution >= 4 is 23.0 Å². The molecular weight excluding hydrogens is 448 g/mol. The van der Waals surface area contributed by atoms with Gasteiger partial charge in [-0.2, -0.15) is 0 Å². The van der Waals surface area contributed by atoms with E-state index < -0.39 is 23.5 Å². The lowest BCUT2D eigenvalue weighted by atomic mass is 10.0. The lowest BCUT2D eigenvalue weighted by Crippen LogP contribution is -2.34. The van der Waals surface area contributed by atoms with Gasteiger partial charge in [-0.15, -0.1) is 0 Å². The molecule has 0 aliphatic heterocycles. The van der Waals surface area contributed by atoms with Crippen LogP contribution in [-0.2, 0) is 16.1 Å². The van der Waals surface area contributed by atoms with Gasteiger partial charge in [-0.25, -0.2) is 14.8 Å². The highest BCUT2D eigenvalue weighted by Crippen LogP contribution is 2.28. The first-order valence-electron chi connectivity index (χ1n) is 11.6. The molecule has 1 N–H and O–H groups in total. The predicted molar refractivity (Wildman–Crippen MR) is 133 cm³/mol. The molecule has 9 heteroatoms. The van der Waals surface area contributed by atoms with Crippen LogP contribution in [0.1, 0.15) is 63.3 Å². The van der Waals surface area contributed by atoms with Crippen LogP contribution in [0.4, 0.5) is 0 Å². The molecule has 0 bridgehead atoms. The Morgan fingerprint density at radius 1 is 1.11 bits per heavy atom. The van der Waals surface area contributed by atoms with Gasteiger partial charge in [-0.05, 0) is 57.4 Å². The number of imidazole rings is 1.